The highest BCUT2D eigenvalue weighted by atomic mass is 16.4. The number of anilines is 1. The van der Waals surface area contributed by atoms with Crippen molar-refractivity contribution >= 4 is 17.2 Å². The molecule has 1 aromatic rings. The second-order valence-electron chi connectivity index (χ2n) is 5.89. The van der Waals surface area contributed by atoms with Gasteiger partial charge in [0.05, 0.1) is 5.54 Å². The molecule has 0 bridgehead atoms. The number of fused-ring (bicyclic) bond motifs is 1. The molecule has 0 saturated heterocycles. The van der Waals surface area contributed by atoms with Crippen molar-refractivity contribution in [2.24, 2.45) is 0 Å². The average molecular weight is 259 g/mol. The molecule has 3 nitrogen and oxygen atoms in total. The van der Waals surface area contributed by atoms with Crippen molar-refractivity contribution in [1.82, 2.24) is 0 Å². The minimum Gasteiger partial charge on any atom is -0.480 e. The van der Waals surface area contributed by atoms with Gasteiger partial charge in [0.25, 0.3) is 0 Å². The first-order valence-corrected chi connectivity index (χ1v) is 6.56. The van der Waals surface area contributed by atoms with E-state index in [0.29, 0.717) is 0 Å². The van der Waals surface area contributed by atoms with Crippen LogP contribution in [0.4, 0.5) is 5.69 Å². The third-order valence-electron chi connectivity index (χ3n) is 3.77. The minimum atomic E-state index is -0.799. The lowest BCUT2D eigenvalue weighted by molar-refractivity contribution is -0.138. The molecule has 0 radical (unpaired) electrons. The van der Waals surface area contributed by atoms with E-state index < -0.39 is 12.0 Å². The molecule has 1 aliphatic heterocycles. The van der Waals surface area contributed by atoms with Gasteiger partial charge in [-0.05, 0) is 52.3 Å². The Kier molecular flexibility index (Phi) is 3.17. The quantitative estimate of drug-likeness (QED) is 0.884. The summed E-state index contributed by atoms with van der Waals surface area (Å²) in [7, 11) is 0. The first-order chi connectivity index (χ1) is 8.74. The molecule has 19 heavy (non-hydrogen) atoms. The molecular weight excluding hydrogens is 238 g/mol. The second-order valence-corrected chi connectivity index (χ2v) is 5.89. The van der Waals surface area contributed by atoms with Crippen LogP contribution in [0, 0.1) is 6.92 Å². The van der Waals surface area contributed by atoms with Crippen LogP contribution in [0.15, 0.2) is 24.3 Å². The van der Waals surface area contributed by atoms with Crippen molar-refractivity contribution in [2.45, 2.75) is 46.2 Å². The van der Waals surface area contributed by atoms with Gasteiger partial charge >= 0.3 is 5.97 Å². The Morgan fingerprint density at radius 2 is 1.95 bits per heavy atom. The zero-order valence-electron chi connectivity index (χ0n) is 12.2. The van der Waals surface area contributed by atoms with Gasteiger partial charge in [0.2, 0.25) is 0 Å². The smallest absolute Gasteiger partial charge is 0.326 e. The van der Waals surface area contributed by atoms with Crippen LogP contribution in [0.1, 0.15) is 38.8 Å². The molecule has 3 heteroatoms. The number of hydrogen-bond donors (Lipinski definition) is 1. The lowest BCUT2D eigenvalue weighted by Crippen LogP contribution is -2.53. The Labute approximate surface area is 114 Å². The van der Waals surface area contributed by atoms with Gasteiger partial charge in [-0.3, -0.25) is 0 Å². The predicted molar refractivity (Wildman–Crippen MR) is 78.5 cm³/mol. The summed E-state index contributed by atoms with van der Waals surface area (Å²) in [6.07, 6.45) is 2.15. The summed E-state index contributed by atoms with van der Waals surface area (Å²) < 4.78 is 0. The van der Waals surface area contributed by atoms with Gasteiger partial charge in [-0.2, -0.15) is 0 Å². The monoisotopic (exact) mass is 259 g/mol. The van der Waals surface area contributed by atoms with E-state index in [1.807, 2.05) is 17.0 Å². The van der Waals surface area contributed by atoms with Gasteiger partial charge in [0.1, 0.15) is 6.04 Å². The summed E-state index contributed by atoms with van der Waals surface area (Å²) in [5, 5.41) is 9.35. The van der Waals surface area contributed by atoms with Crippen molar-refractivity contribution in [2.75, 3.05) is 4.90 Å². The lowest BCUT2D eigenvalue weighted by Gasteiger charge is -2.45. The zero-order valence-corrected chi connectivity index (χ0v) is 12.2. The molecular formula is C16H21NO2. The van der Waals surface area contributed by atoms with E-state index in [4.69, 9.17) is 0 Å². The molecule has 1 aromatic carbocycles. The third kappa shape index (κ3) is 2.25. The molecule has 0 aliphatic carbocycles. The first-order valence-electron chi connectivity index (χ1n) is 6.56. The molecule has 1 heterocycles. The number of carboxylic acid groups (broad SMARTS) is 1. The van der Waals surface area contributed by atoms with Gasteiger partial charge in [0, 0.05) is 11.3 Å². The van der Waals surface area contributed by atoms with Crippen LogP contribution in [-0.2, 0) is 4.79 Å². The Bertz CT molecular complexity index is 558. The number of nitrogens with zero attached hydrogens (tertiary/aromatic N) is 1. The van der Waals surface area contributed by atoms with E-state index in [-0.39, 0.29) is 5.54 Å². The number of aliphatic carboxylic acids is 1. The Hall–Kier alpha value is -1.77. The van der Waals surface area contributed by atoms with Gasteiger partial charge in [-0.1, -0.05) is 17.7 Å². The fourth-order valence-electron chi connectivity index (χ4n) is 2.98. The number of benzene rings is 1. The van der Waals surface area contributed by atoms with Crippen LogP contribution >= 0.6 is 0 Å². The van der Waals surface area contributed by atoms with Crippen molar-refractivity contribution in [3.05, 3.63) is 35.4 Å². The number of carbonyl (C=O) groups is 1. The van der Waals surface area contributed by atoms with Crippen LogP contribution in [0.2, 0.25) is 0 Å². The minimum absolute atomic E-state index is 0.301. The predicted octanol–water partition coefficient (Wildman–Crippen LogP) is 3.47. The van der Waals surface area contributed by atoms with Gasteiger partial charge in [-0.15, -0.1) is 0 Å². The Balaban J connectivity index is 2.64. The Morgan fingerprint density at radius 3 is 2.53 bits per heavy atom. The fraction of sp³-hybridized carbons (Fsp3) is 0.438. The summed E-state index contributed by atoms with van der Waals surface area (Å²) in [5.74, 6) is -0.799. The maximum atomic E-state index is 11.4. The highest BCUT2D eigenvalue weighted by Gasteiger charge is 2.36. The van der Waals surface area contributed by atoms with E-state index in [1.54, 1.807) is 6.92 Å². The SMILES string of the molecule is CC1=CC(C)(C)N([C@H](C)C(=O)O)c2ccc(C)cc21. The van der Waals surface area contributed by atoms with Crippen LogP contribution < -0.4 is 4.90 Å². The highest BCUT2D eigenvalue weighted by molar-refractivity contribution is 5.86. The van der Waals surface area contributed by atoms with Crippen molar-refractivity contribution in [1.29, 1.82) is 0 Å². The zero-order chi connectivity index (χ0) is 14.4. The van der Waals surface area contributed by atoms with Gasteiger partial charge in [0.15, 0.2) is 0 Å². The molecule has 0 aromatic heterocycles. The number of rotatable bonds is 2. The molecule has 0 spiro atoms. The van der Waals surface area contributed by atoms with Gasteiger partial charge < -0.3 is 10.0 Å². The molecule has 0 unspecified atom stereocenters. The largest absolute Gasteiger partial charge is 0.480 e. The highest BCUT2D eigenvalue weighted by Crippen LogP contribution is 2.40. The van der Waals surface area contributed by atoms with E-state index in [1.165, 1.54) is 11.1 Å². The summed E-state index contributed by atoms with van der Waals surface area (Å²) in [6, 6.07) is 5.64. The molecule has 1 atom stereocenters. The summed E-state index contributed by atoms with van der Waals surface area (Å²) in [6.45, 7) is 9.99. The first kappa shape index (κ1) is 13.7. The molecule has 0 saturated carbocycles. The molecule has 1 N–H and O–H groups in total. The van der Waals surface area contributed by atoms with Crippen LogP contribution in [-0.4, -0.2) is 22.7 Å². The Morgan fingerprint density at radius 1 is 1.32 bits per heavy atom. The van der Waals surface area contributed by atoms with Crippen LogP contribution in [0.5, 0.6) is 0 Å². The van der Waals surface area contributed by atoms with Crippen LogP contribution in [0.25, 0.3) is 5.57 Å². The average Bonchev–Trinajstić information content (AvgIpc) is 2.28. The topological polar surface area (TPSA) is 40.5 Å². The number of allylic oxidation sites excluding steroid dienone is 1. The molecule has 0 fully saturated rings. The second kappa shape index (κ2) is 4.41. The van der Waals surface area contributed by atoms with Gasteiger partial charge in [-0.25, -0.2) is 4.79 Å². The normalized spacial score (nSPS) is 18.6. The van der Waals surface area contributed by atoms with Crippen molar-refractivity contribution in [3.8, 4) is 0 Å². The number of hydrogen-bond acceptors (Lipinski definition) is 2. The summed E-state index contributed by atoms with van der Waals surface area (Å²) in [4.78, 5) is 13.4. The molecule has 2 rings (SSSR count). The van der Waals surface area contributed by atoms with Crippen molar-refractivity contribution in [3.63, 3.8) is 0 Å². The molecule has 1 aliphatic rings. The molecule has 102 valence electrons. The van der Waals surface area contributed by atoms with E-state index in [2.05, 4.69) is 39.8 Å². The van der Waals surface area contributed by atoms with E-state index in [9.17, 15) is 9.90 Å². The van der Waals surface area contributed by atoms with E-state index >= 15 is 0 Å². The maximum absolute atomic E-state index is 11.4. The van der Waals surface area contributed by atoms with E-state index in [0.717, 1.165) is 11.3 Å². The van der Waals surface area contributed by atoms with Crippen LogP contribution in [0.3, 0.4) is 0 Å². The maximum Gasteiger partial charge on any atom is 0.326 e. The standard InChI is InChI=1S/C16H21NO2/c1-10-6-7-14-13(8-10)11(2)9-16(4,5)17(14)12(3)15(18)19/h6-9,12H,1-5H3,(H,18,19)/t12-/m1/s1. The summed E-state index contributed by atoms with van der Waals surface area (Å²) >= 11 is 0. The lowest BCUT2D eigenvalue weighted by atomic mass is 9.87. The summed E-state index contributed by atoms with van der Waals surface area (Å²) in [5.41, 5.74) is 4.23. The number of carboxylic acids is 1. The number of aryl methyl sites for hydroxylation is 1. The fourth-order valence-corrected chi connectivity index (χ4v) is 2.98. The van der Waals surface area contributed by atoms with Crippen molar-refractivity contribution < 1.29 is 9.90 Å². The third-order valence-corrected chi connectivity index (χ3v) is 3.77. The molecule has 0 amide bonds.